The molecule has 5 nitrogen and oxygen atoms in total. The van der Waals surface area contributed by atoms with E-state index in [9.17, 15) is 19.8 Å². The predicted molar refractivity (Wildman–Crippen MR) is 110 cm³/mol. The molecule has 3 atom stereocenters. The number of aliphatic carboxylic acids is 1. The molecule has 0 saturated carbocycles. The van der Waals surface area contributed by atoms with Crippen molar-refractivity contribution in [3.05, 3.63) is 58.7 Å². The molecule has 0 aromatic heterocycles. The molecule has 6 heteroatoms. The van der Waals surface area contributed by atoms with Crippen LogP contribution < -0.4 is 5.32 Å². The molecule has 0 fully saturated rings. The average molecular weight is 406 g/mol. The quantitative estimate of drug-likeness (QED) is 0.579. The Bertz CT molecular complexity index is 774. The van der Waals surface area contributed by atoms with E-state index in [0.717, 1.165) is 18.4 Å². The molecule has 2 unspecified atom stereocenters. The number of allylic oxidation sites excluding steroid dienone is 2. The van der Waals surface area contributed by atoms with Crippen molar-refractivity contribution < 1.29 is 19.8 Å². The monoisotopic (exact) mass is 405 g/mol. The number of carboxylic acids is 1. The number of halogens is 1. The number of rotatable bonds is 9. The van der Waals surface area contributed by atoms with Crippen molar-refractivity contribution in [3.63, 3.8) is 0 Å². The number of benzene rings is 1. The first-order chi connectivity index (χ1) is 13.2. The fraction of sp³-hybridized carbons (Fsp3) is 0.455. The van der Waals surface area contributed by atoms with Crippen LogP contribution in [-0.2, 0) is 15.0 Å². The molecule has 1 aromatic rings. The molecular formula is C22H28ClNO4. The minimum absolute atomic E-state index is 0.167. The van der Waals surface area contributed by atoms with Crippen molar-refractivity contribution >= 4 is 23.5 Å². The largest absolute Gasteiger partial charge is 0.480 e. The van der Waals surface area contributed by atoms with Gasteiger partial charge in [-0.2, -0.15) is 0 Å². The number of carbonyl (C=O) groups is 2. The third-order valence-corrected chi connectivity index (χ3v) is 5.37. The van der Waals surface area contributed by atoms with Crippen LogP contribution in [0.1, 0.15) is 51.5 Å². The first-order valence-corrected chi connectivity index (χ1v) is 9.98. The number of nitrogens with one attached hydrogen (secondary N) is 1. The van der Waals surface area contributed by atoms with Crippen LogP contribution in [0, 0.1) is 0 Å². The van der Waals surface area contributed by atoms with Gasteiger partial charge in [0.05, 0.1) is 12.5 Å². The fourth-order valence-electron chi connectivity index (χ4n) is 3.26. The smallest absolute Gasteiger partial charge is 0.326 e. The van der Waals surface area contributed by atoms with Crippen LogP contribution in [0.5, 0.6) is 0 Å². The molecular weight excluding hydrogens is 378 g/mol. The van der Waals surface area contributed by atoms with E-state index in [0.29, 0.717) is 23.4 Å². The zero-order chi connectivity index (χ0) is 20.7. The second-order valence-electron chi connectivity index (χ2n) is 7.49. The molecule has 0 spiro atoms. The Hall–Kier alpha value is -2.11. The third kappa shape index (κ3) is 5.94. The van der Waals surface area contributed by atoms with Crippen molar-refractivity contribution in [1.82, 2.24) is 5.32 Å². The number of unbranched alkanes of at least 4 members (excludes halogenated alkanes) is 1. The maximum Gasteiger partial charge on any atom is 0.326 e. The van der Waals surface area contributed by atoms with Crippen LogP contribution in [0.15, 0.2) is 48.1 Å². The van der Waals surface area contributed by atoms with Gasteiger partial charge in [0.25, 0.3) is 0 Å². The van der Waals surface area contributed by atoms with Crippen molar-refractivity contribution in [3.8, 4) is 0 Å². The summed E-state index contributed by atoms with van der Waals surface area (Å²) < 4.78 is 0. The van der Waals surface area contributed by atoms with E-state index >= 15 is 0 Å². The molecule has 1 aromatic carbocycles. The number of amides is 1. The normalized spacial score (nSPS) is 20.9. The van der Waals surface area contributed by atoms with E-state index in [1.165, 1.54) is 0 Å². The van der Waals surface area contributed by atoms with Gasteiger partial charge in [0.15, 0.2) is 0 Å². The highest BCUT2D eigenvalue weighted by molar-refractivity contribution is 6.30. The number of hydrogen-bond donors (Lipinski definition) is 3. The number of aliphatic hydroxyl groups is 1. The number of aliphatic hydroxyl groups excluding tert-OH is 1. The van der Waals surface area contributed by atoms with Gasteiger partial charge in [-0.25, -0.2) is 4.79 Å². The van der Waals surface area contributed by atoms with Crippen LogP contribution in [0.25, 0.3) is 0 Å². The van der Waals surface area contributed by atoms with Gasteiger partial charge in [0, 0.05) is 10.4 Å². The Morgan fingerprint density at radius 1 is 1.36 bits per heavy atom. The first-order valence-electron chi connectivity index (χ1n) is 9.60. The maximum atomic E-state index is 12.2. The van der Waals surface area contributed by atoms with Gasteiger partial charge in [0.1, 0.15) is 6.04 Å². The molecule has 152 valence electrons. The highest BCUT2D eigenvalue weighted by Crippen LogP contribution is 2.35. The lowest BCUT2D eigenvalue weighted by atomic mass is 9.75. The molecule has 3 N–H and O–H groups in total. The van der Waals surface area contributed by atoms with E-state index < -0.39 is 24.0 Å². The van der Waals surface area contributed by atoms with E-state index in [1.54, 1.807) is 0 Å². The Balaban J connectivity index is 1.96. The molecule has 0 bridgehead atoms. The zero-order valence-corrected chi connectivity index (χ0v) is 17.1. The molecule has 0 aliphatic heterocycles. The van der Waals surface area contributed by atoms with Crippen molar-refractivity contribution in [2.45, 2.75) is 63.5 Å². The van der Waals surface area contributed by atoms with Gasteiger partial charge in [-0.1, -0.05) is 68.7 Å². The van der Waals surface area contributed by atoms with Crippen LogP contribution >= 0.6 is 11.6 Å². The molecule has 0 saturated heterocycles. The minimum Gasteiger partial charge on any atom is -0.480 e. The summed E-state index contributed by atoms with van der Waals surface area (Å²) in [4.78, 5) is 23.4. The van der Waals surface area contributed by atoms with E-state index in [1.807, 2.05) is 49.4 Å². The fourth-order valence-corrected chi connectivity index (χ4v) is 3.45. The second-order valence-corrected chi connectivity index (χ2v) is 7.93. The Kier molecular flexibility index (Phi) is 7.84. The average Bonchev–Trinajstić information content (AvgIpc) is 2.65. The summed E-state index contributed by atoms with van der Waals surface area (Å²) in [6.45, 7) is 4.05. The Labute approximate surface area is 171 Å². The van der Waals surface area contributed by atoms with Crippen LogP contribution in [0.3, 0.4) is 0 Å². The molecule has 0 heterocycles. The zero-order valence-electron chi connectivity index (χ0n) is 16.3. The lowest BCUT2D eigenvalue weighted by Gasteiger charge is -2.30. The van der Waals surface area contributed by atoms with E-state index in [2.05, 4.69) is 12.2 Å². The van der Waals surface area contributed by atoms with Gasteiger partial charge in [0.2, 0.25) is 5.91 Å². The molecule has 1 aliphatic carbocycles. The lowest BCUT2D eigenvalue weighted by Crippen LogP contribution is -2.42. The topological polar surface area (TPSA) is 86.6 Å². The summed E-state index contributed by atoms with van der Waals surface area (Å²) in [5.74, 6) is -1.51. The summed E-state index contributed by atoms with van der Waals surface area (Å²) in [6, 6.07) is 6.77. The van der Waals surface area contributed by atoms with Crippen LogP contribution in [-0.4, -0.2) is 34.2 Å². The van der Waals surface area contributed by atoms with Gasteiger partial charge < -0.3 is 15.5 Å². The summed E-state index contributed by atoms with van der Waals surface area (Å²) in [5, 5.41) is 22.8. The highest BCUT2D eigenvalue weighted by Gasteiger charge is 2.27. The van der Waals surface area contributed by atoms with Crippen molar-refractivity contribution in [2.75, 3.05) is 0 Å². The van der Waals surface area contributed by atoms with Crippen LogP contribution in [0.2, 0.25) is 5.02 Å². The third-order valence-electron chi connectivity index (χ3n) is 5.13. The summed E-state index contributed by atoms with van der Waals surface area (Å²) in [7, 11) is 0. The molecule has 28 heavy (non-hydrogen) atoms. The molecule has 0 radical (unpaired) electrons. The van der Waals surface area contributed by atoms with Gasteiger partial charge in [-0.3, -0.25) is 4.79 Å². The number of carboxylic acid groups (broad SMARTS) is 1. The van der Waals surface area contributed by atoms with E-state index in [4.69, 9.17) is 11.6 Å². The molecule has 1 amide bonds. The summed E-state index contributed by atoms with van der Waals surface area (Å²) in [6.07, 6.45) is 7.25. The SMILES string of the molecule is CCCC[C@H](NC(=O)CC(O)C1=CCC(C)(c2cccc(Cl)c2)C=C1)C(=O)O. The molecule has 1 aliphatic rings. The van der Waals surface area contributed by atoms with Gasteiger partial charge >= 0.3 is 5.97 Å². The maximum absolute atomic E-state index is 12.2. The minimum atomic E-state index is -1.05. The van der Waals surface area contributed by atoms with Crippen LogP contribution in [0.4, 0.5) is 0 Å². The summed E-state index contributed by atoms with van der Waals surface area (Å²) in [5.41, 5.74) is 1.51. The first kappa shape index (κ1) is 22.2. The van der Waals surface area contributed by atoms with E-state index in [-0.39, 0.29) is 11.8 Å². The lowest BCUT2D eigenvalue weighted by molar-refractivity contribution is -0.142. The standard InChI is InChI=1S/C22H28ClNO4/c1-3-4-8-18(21(27)28)24-20(26)14-19(25)15-9-11-22(2,12-10-15)16-6-5-7-17(23)13-16/h5-7,9-11,13,18-19,25H,3-4,8,12,14H2,1-2H3,(H,24,26)(H,27,28)/t18-,19?,22?/m0/s1. The summed E-state index contributed by atoms with van der Waals surface area (Å²) >= 11 is 6.09. The van der Waals surface area contributed by atoms with Crippen molar-refractivity contribution in [1.29, 1.82) is 0 Å². The predicted octanol–water partition coefficient (Wildman–Crippen LogP) is 3.99. The Morgan fingerprint density at radius 2 is 2.11 bits per heavy atom. The number of hydrogen-bond acceptors (Lipinski definition) is 3. The molecule has 2 rings (SSSR count). The van der Waals surface area contributed by atoms with Gasteiger partial charge in [-0.15, -0.1) is 0 Å². The second kappa shape index (κ2) is 9.89. The van der Waals surface area contributed by atoms with Gasteiger partial charge in [-0.05, 0) is 36.1 Å². The Morgan fingerprint density at radius 3 is 2.68 bits per heavy atom. The number of carbonyl (C=O) groups excluding carboxylic acids is 1. The van der Waals surface area contributed by atoms with Crippen molar-refractivity contribution in [2.24, 2.45) is 0 Å². The highest BCUT2D eigenvalue weighted by atomic mass is 35.5.